The average molecular weight is 429 g/mol. The Morgan fingerprint density at radius 3 is 2.57 bits per heavy atom. The quantitative estimate of drug-likeness (QED) is 0.713. The zero-order valence-electron chi connectivity index (χ0n) is 16.9. The van der Waals surface area contributed by atoms with Crippen LogP contribution in [-0.2, 0) is 6.54 Å². The van der Waals surface area contributed by atoms with E-state index in [4.69, 9.17) is 21.4 Å². The zero-order valence-corrected chi connectivity index (χ0v) is 17.7. The lowest BCUT2D eigenvalue weighted by Gasteiger charge is -2.34. The number of aromatic hydroxyl groups is 1. The summed E-state index contributed by atoms with van der Waals surface area (Å²) in [5, 5.41) is 20.3. The van der Waals surface area contributed by atoms with Gasteiger partial charge in [-0.1, -0.05) is 29.8 Å². The predicted octanol–water partition coefficient (Wildman–Crippen LogP) is 3.08. The number of ketones is 1. The molecule has 0 spiro atoms. The van der Waals surface area contributed by atoms with Crippen LogP contribution >= 0.6 is 11.6 Å². The minimum absolute atomic E-state index is 0.135. The number of phenolic OH excluding ortho intramolecular Hbond substituents is 1. The normalized spacial score (nSPS) is 18.6. The van der Waals surface area contributed by atoms with Crippen LogP contribution in [0.25, 0.3) is 6.08 Å². The third-order valence-electron chi connectivity index (χ3n) is 5.68. The number of ether oxygens (including phenoxy) is 1. The van der Waals surface area contributed by atoms with Crippen LogP contribution in [0.3, 0.4) is 0 Å². The van der Waals surface area contributed by atoms with Crippen molar-refractivity contribution >= 4 is 23.5 Å². The smallest absolute Gasteiger partial charge is 0.232 e. The molecule has 0 atom stereocenters. The molecule has 2 aliphatic heterocycles. The van der Waals surface area contributed by atoms with Crippen molar-refractivity contribution in [1.29, 1.82) is 0 Å². The maximum atomic E-state index is 13.0. The first-order chi connectivity index (χ1) is 14.5. The lowest BCUT2D eigenvalue weighted by molar-refractivity contribution is 0.101. The van der Waals surface area contributed by atoms with Gasteiger partial charge in [-0.3, -0.25) is 14.6 Å². The first kappa shape index (κ1) is 20.9. The number of phenols is 1. The maximum Gasteiger partial charge on any atom is 0.232 e. The van der Waals surface area contributed by atoms with Crippen molar-refractivity contribution < 1.29 is 19.7 Å². The Balaban J connectivity index is 1.61. The van der Waals surface area contributed by atoms with Gasteiger partial charge in [0, 0.05) is 44.3 Å². The third-order valence-corrected chi connectivity index (χ3v) is 6.02. The summed E-state index contributed by atoms with van der Waals surface area (Å²) in [5.74, 6) is 0.585. The Morgan fingerprint density at radius 1 is 1.17 bits per heavy atom. The van der Waals surface area contributed by atoms with Crippen LogP contribution in [0.4, 0.5) is 0 Å². The van der Waals surface area contributed by atoms with Gasteiger partial charge in [0.2, 0.25) is 5.78 Å². The number of benzene rings is 2. The Labute approximate surface area is 180 Å². The van der Waals surface area contributed by atoms with E-state index in [1.165, 1.54) is 0 Å². The van der Waals surface area contributed by atoms with E-state index >= 15 is 0 Å². The van der Waals surface area contributed by atoms with E-state index < -0.39 is 0 Å². The number of rotatable bonds is 5. The number of carbonyl (C=O) groups excluding carboxylic acids is 1. The molecule has 0 radical (unpaired) electrons. The summed E-state index contributed by atoms with van der Waals surface area (Å²) in [6.07, 6.45) is 1.65. The highest BCUT2D eigenvalue weighted by molar-refractivity contribution is 6.32. The van der Waals surface area contributed by atoms with Gasteiger partial charge in [0.25, 0.3) is 0 Å². The molecule has 30 heavy (non-hydrogen) atoms. The van der Waals surface area contributed by atoms with Crippen LogP contribution in [0.15, 0.2) is 36.1 Å². The number of aliphatic hydroxyl groups is 1. The van der Waals surface area contributed by atoms with E-state index in [9.17, 15) is 9.90 Å². The lowest BCUT2D eigenvalue weighted by Crippen LogP contribution is -2.46. The average Bonchev–Trinajstić information content (AvgIpc) is 3.05. The van der Waals surface area contributed by atoms with E-state index in [0.29, 0.717) is 46.1 Å². The molecule has 0 amide bonds. The Kier molecular flexibility index (Phi) is 6.11. The first-order valence-electron chi connectivity index (χ1n) is 10.1. The molecule has 4 rings (SSSR count). The van der Waals surface area contributed by atoms with E-state index in [-0.39, 0.29) is 23.9 Å². The predicted molar refractivity (Wildman–Crippen MR) is 116 cm³/mol. The fourth-order valence-electron chi connectivity index (χ4n) is 4.00. The van der Waals surface area contributed by atoms with Gasteiger partial charge >= 0.3 is 0 Å². The molecule has 2 aromatic rings. The van der Waals surface area contributed by atoms with Gasteiger partial charge < -0.3 is 14.9 Å². The summed E-state index contributed by atoms with van der Waals surface area (Å²) in [7, 11) is 0. The molecule has 158 valence electrons. The first-order valence-corrected chi connectivity index (χ1v) is 10.5. The SMILES string of the molecule is Cc1cc(O)c(CN2CCN(CCO)CC2)c2c1C(=O)/C(=C/c1ccccc1Cl)O2. The fourth-order valence-corrected chi connectivity index (χ4v) is 4.19. The second-order valence-electron chi connectivity index (χ2n) is 7.70. The fraction of sp³-hybridized carbons (Fsp3) is 0.348. The van der Waals surface area contributed by atoms with Gasteiger partial charge in [-0.25, -0.2) is 0 Å². The van der Waals surface area contributed by atoms with Crippen LogP contribution < -0.4 is 4.74 Å². The molecule has 0 unspecified atom stereocenters. The summed E-state index contributed by atoms with van der Waals surface area (Å²) in [6, 6.07) is 8.90. The maximum absolute atomic E-state index is 13.0. The Morgan fingerprint density at radius 2 is 1.87 bits per heavy atom. The summed E-state index contributed by atoms with van der Waals surface area (Å²) in [4.78, 5) is 17.5. The number of nitrogens with zero attached hydrogens (tertiary/aromatic N) is 2. The van der Waals surface area contributed by atoms with Gasteiger partial charge in [-0.15, -0.1) is 0 Å². The second kappa shape index (κ2) is 8.78. The van der Waals surface area contributed by atoms with Crippen LogP contribution in [0.5, 0.6) is 11.5 Å². The van der Waals surface area contributed by atoms with E-state index in [2.05, 4.69) is 9.80 Å². The summed E-state index contributed by atoms with van der Waals surface area (Å²) in [5.41, 5.74) is 2.52. The second-order valence-corrected chi connectivity index (χ2v) is 8.11. The highest BCUT2D eigenvalue weighted by Gasteiger charge is 2.34. The summed E-state index contributed by atoms with van der Waals surface area (Å²) in [6.45, 7) is 6.47. The number of Topliss-reactive ketones (excluding diaryl/α,β-unsaturated/α-hetero) is 1. The lowest BCUT2D eigenvalue weighted by atomic mass is 9.99. The number of piperazine rings is 1. The van der Waals surface area contributed by atoms with Crippen LogP contribution in [0.2, 0.25) is 5.02 Å². The van der Waals surface area contributed by atoms with Crippen molar-refractivity contribution in [3.05, 3.63) is 63.4 Å². The van der Waals surface area contributed by atoms with Crippen molar-refractivity contribution in [3.63, 3.8) is 0 Å². The number of hydrogen-bond acceptors (Lipinski definition) is 6. The molecule has 0 bridgehead atoms. The Hall–Kier alpha value is -2.38. The number of hydrogen-bond donors (Lipinski definition) is 2. The molecule has 0 aromatic heterocycles. The molecule has 2 aliphatic rings. The van der Waals surface area contributed by atoms with Crippen LogP contribution in [0, 0.1) is 6.92 Å². The standard InChI is InChI=1S/C23H25ClN2O4/c1-15-12-19(28)17(14-26-8-6-25(7-9-26)10-11-27)23-21(15)22(29)20(30-23)13-16-4-2-3-5-18(16)24/h2-5,12-13,27-28H,6-11,14H2,1H3/b20-13-. The van der Waals surface area contributed by atoms with Gasteiger partial charge in [-0.2, -0.15) is 0 Å². The molecule has 7 heteroatoms. The van der Waals surface area contributed by atoms with Gasteiger partial charge in [0.05, 0.1) is 17.7 Å². The molecule has 6 nitrogen and oxygen atoms in total. The Bertz CT molecular complexity index is 997. The molecule has 0 aliphatic carbocycles. The number of β-amino-alcohol motifs (C(OH)–C–C–N with tert-alkyl or cyclic N) is 1. The van der Waals surface area contributed by atoms with Gasteiger partial charge in [0.15, 0.2) is 5.76 Å². The molecule has 1 fully saturated rings. The van der Waals surface area contributed by atoms with E-state index in [0.717, 1.165) is 26.2 Å². The van der Waals surface area contributed by atoms with Gasteiger partial charge in [-0.05, 0) is 36.3 Å². The minimum atomic E-state index is -0.198. The summed E-state index contributed by atoms with van der Waals surface area (Å²) < 4.78 is 5.99. The molecule has 2 aromatic carbocycles. The molecular weight excluding hydrogens is 404 g/mol. The highest BCUT2D eigenvalue weighted by Crippen LogP contribution is 2.42. The summed E-state index contributed by atoms with van der Waals surface area (Å²) >= 11 is 6.23. The molecule has 2 heterocycles. The molecule has 2 N–H and O–H groups in total. The zero-order chi connectivity index (χ0) is 21.3. The van der Waals surface area contributed by atoms with Crippen molar-refractivity contribution in [2.75, 3.05) is 39.3 Å². The van der Waals surface area contributed by atoms with Crippen molar-refractivity contribution in [2.45, 2.75) is 13.5 Å². The highest BCUT2D eigenvalue weighted by atomic mass is 35.5. The third kappa shape index (κ3) is 4.09. The van der Waals surface area contributed by atoms with Gasteiger partial charge in [0.1, 0.15) is 11.5 Å². The van der Waals surface area contributed by atoms with Crippen molar-refractivity contribution in [1.82, 2.24) is 9.80 Å². The number of halogens is 1. The monoisotopic (exact) mass is 428 g/mol. The molecule has 0 saturated carbocycles. The van der Waals surface area contributed by atoms with E-state index in [1.54, 1.807) is 25.1 Å². The molecular formula is C23H25ClN2O4. The number of fused-ring (bicyclic) bond motifs is 1. The number of aryl methyl sites for hydroxylation is 1. The number of aliphatic hydroxyl groups excluding tert-OH is 1. The van der Waals surface area contributed by atoms with E-state index in [1.807, 2.05) is 18.2 Å². The van der Waals surface area contributed by atoms with Crippen LogP contribution in [0.1, 0.15) is 27.0 Å². The molecule has 1 saturated heterocycles. The minimum Gasteiger partial charge on any atom is -0.507 e. The van der Waals surface area contributed by atoms with Crippen LogP contribution in [-0.4, -0.2) is 65.1 Å². The largest absolute Gasteiger partial charge is 0.507 e. The van der Waals surface area contributed by atoms with Crippen molar-refractivity contribution in [3.8, 4) is 11.5 Å². The number of allylic oxidation sites excluding steroid dienone is 1. The number of carbonyl (C=O) groups is 1. The van der Waals surface area contributed by atoms with Crippen molar-refractivity contribution in [2.24, 2.45) is 0 Å². The topological polar surface area (TPSA) is 73.2 Å².